The van der Waals surface area contributed by atoms with Crippen molar-refractivity contribution in [3.8, 4) is 0 Å². The van der Waals surface area contributed by atoms with E-state index < -0.39 is 0 Å². The summed E-state index contributed by atoms with van der Waals surface area (Å²) in [6.45, 7) is 10.8. The van der Waals surface area contributed by atoms with E-state index in [2.05, 4.69) is 27.7 Å². The van der Waals surface area contributed by atoms with Crippen LogP contribution in [-0.2, 0) is 4.79 Å². The van der Waals surface area contributed by atoms with E-state index in [9.17, 15) is 4.79 Å². The summed E-state index contributed by atoms with van der Waals surface area (Å²) < 4.78 is 0. The van der Waals surface area contributed by atoms with Crippen molar-refractivity contribution in [3.63, 3.8) is 0 Å². The van der Waals surface area contributed by atoms with E-state index in [1.165, 1.54) is 51.4 Å². The van der Waals surface area contributed by atoms with Crippen molar-refractivity contribution < 1.29 is 4.79 Å². The van der Waals surface area contributed by atoms with Crippen molar-refractivity contribution in [3.05, 3.63) is 0 Å². The number of Topliss-reactive ketones (excluding diaryl/α,β-unsaturated/α-hetero) is 1. The fraction of sp³-hybridized carbons (Fsp3) is 0.944. The molecule has 0 saturated carbocycles. The Balaban J connectivity index is 3.31. The highest BCUT2D eigenvalue weighted by Gasteiger charge is 2.07. The van der Waals surface area contributed by atoms with E-state index in [0.29, 0.717) is 5.78 Å². The molecule has 0 N–H and O–H groups in total. The van der Waals surface area contributed by atoms with Crippen molar-refractivity contribution in [2.75, 3.05) is 0 Å². The van der Waals surface area contributed by atoms with Crippen LogP contribution in [0.15, 0.2) is 0 Å². The van der Waals surface area contributed by atoms with Gasteiger partial charge in [0.15, 0.2) is 0 Å². The average molecular weight is 268 g/mol. The first-order valence-corrected chi connectivity index (χ1v) is 8.44. The summed E-state index contributed by atoms with van der Waals surface area (Å²) in [5.74, 6) is 2.37. The molecule has 2 atom stereocenters. The molecular weight excluding hydrogens is 232 g/mol. The Bertz CT molecular complexity index is 220. The molecule has 0 saturated heterocycles. The smallest absolute Gasteiger partial charge is 0.132 e. The Labute approximate surface area is 121 Å². The first-order valence-electron chi connectivity index (χ1n) is 8.44. The molecule has 0 aliphatic heterocycles. The van der Waals surface area contributed by atoms with Gasteiger partial charge in [0.05, 0.1) is 0 Å². The summed E-state index contributed by atoms with van der Waals surface area (Å²) in [5, 5.41) is 0. The van der Waals surface area contributed by atoms with Crippen LogP contribution in [0.4, 0.5) is 0 Å². The molecule has 0 aromatic carbocycles. The van der Waals surface area contributed by atoms with Gasteiger partial charge in [-0.2, -0.15) is 0 Å². The number of ketones is 1. The lowest BCUT2D eigenvalue weighted by atomic mass is 9.94. The normalized spacial score (nSPS) is 14.6. The third-order valence-electron chi connectivity index (χ3n) is 4.26. The molecule has 0 aromatic heterocycles. The maximum Gasteiger partial charge on any atom is 0.132 e. The van der Waals surface area contributed by atoms with Gasteiger partial charge in [0.2, 0.25) is 0 Å². The molecule has 2 unspecified atom stereocenters. The molecule has 0 fully saturated rings. The van der Waals surface area contributed by atoms with Gasteiger partial charge in [-0.25, -0.2) is 0 Å². The number of unbranched alkanes of at least 4 members (excludes halogenated alkanes) is 3. The standard InChI is InChI=1S/C18H36O/c1-15(2)11-10-13-16(3)12-8-6-7-9-14-17(4)18(5)19/h15-17H,6-14H2,1-5H3. The van der Waals surface area contributed by atoms with Crippen molar-refractivity contribution in [1.29, 1.82) is 0 Å². The summed E-state index contributed by atoms with van der Waals surface area (Å²) in [6.07, 6.45) is 11.9. The maximum absolute atomic E-state index is 11.1. The zero-order valence-electron chi connectivity index (χ0n) is 14.0. The van der Waals surface area contributed by atoms with Gasteiger partial charge in [-0.15, -0.1) is 0 Å². The van der Waals surface area contributed by atoms with Gasteiger partial charge < -0.3 is 0 Å². The maximum atomic E-state index is 11.1. The Morgan fingerprint density at radius 3 is 1.79 bits per heavy atom. The fourth-order valence-corrected chi connectivity index (χ4v) is 2.52. The van der Waals surface area contributed by atoms with Crippen molar-refractivity contribution >= 4 is 5.78 Å². The van der Waals surface area contributed by atoms with Crippen LogP contribution < -0.4 is 0 Å². The molecule has 1 heteroatoms. The Morgan fingerprint density at radius 1 is 0.737 bits per heavy atom. The minimum atomic E-state index is 0.273. The van der Waals surface area contributed by atoms with Crippen LogP contribution in [-0.4, -0.2) is 5.78 Å². The molecule has 0 heterocycles. The van der Waals surface area contributed by atoms with Crippen LogP contribution >= 0.6 is 0 Å². The highest BCUT2D eigenvalue weighted by atomic mass is 16.1. The topological polar surface area (TPSA) is 17.1 Å². The number of carbonyl (C=O) groups is 1. The Hall–Kier alpha value is -0.330. The SMILES string of the molecule is CC(=O)C(C)CCCCCCC(C)CCCC(C)C. The number of hydrogen-bond donors (Lipinski definition) is 0. The van der Waals surface area contributed by atoms with Gasteiger partial charge in [0.25, 0.3) is 0 Å². The summed E-state index contributed by atoms with van der Waals surface area (Å²) in [5.41, 5.74) is 0. The van der Waals surface area contributed by atoms with Gasteiger partial charge in [-0.05, 0) is 25.2 Å². The molecule has 0 aliphatic carbocycles. The van der Waals surface area contributed by atoms with Crippen LogP contribution in [0, 0.1) is 17.8 Å². The third kappa shape index (κ3) is 12.4. The van der Waals surface area contributed by atoms with Gasteiger partial charge in [-0.1, -0.05) is 79.1 Å². The minimum Gasteiger partial charge on any atom is -0.300 e. The van der Waals surface area contributed by atoms with Gasteiger partial charge in [0, 0.05) is 5.92 Å². The quantitative estimate of drug-likeness (QED) is 0.396. The van der Waals surface area contributed by atoms with Crippen LogP contribution in [0.2, 0.25) is 0 Å². The lowest BCUT2D eigenvalue weighted by molar-refractivity contribution is -0.120. The summed E-state index contributed by atoms with van der Waals surface area (Å²) in [7, 11) is 0. The highest BCUT2D eigenvalue weighted by Crippen LogP contribution is 2.19. The summed E-state index contributed by atoms with van der Waals surface area (Å²) in [4.78, 5) is 11.1. The number of rotatable bonds is 12. The minimum absolute atomic E-state index is 0.273. The molecule has 0 aromatic rings. The summed E-state index contributed by atoms with van der Waals surface area (Å²) in [6, 6.07) is 0. The molecule has 0 amide bonds. The largest absolute Gasteiger partial charge is 0.300 e. The second kappa shape index (κ2) is 11.5. The first-order chi connectivity index (χ1) is 8.93. The lowest BCUT2D eigenvalue weighted by Gasteiger charge is -2.12. The number of carbonyl (C=O) groups excluding carboxylic acids is 1. The van der Waals surface area contributed by atoms with E-state index in [4.69, 9.17) is 0 Å². The fourth-order valence-electron chi connectivity index (χ4n) is 2.52. The van der Waals surface area contributed by atoms with E-state index in [1.807, 2.05) is 0 Å². The predicted molar refractivity (Wildman–Crippen MR) is 85.4 cm³/mol. The van der Waals surface area contributed by atoms with Gasteiger partial charge in [0.1, 0.15) is 5.78 Å². The predicted octanol–water partition coefficient (Wildman–Crippen LogP) is 6.01. The van der Waals surface area contributed by atoms with Crippen LogP contribution in [0.1, 0.15) is 92.4 Å². The van der Waals surface area contributed by atoms with E-state index in [1.54, 1.807) is 6.92 Å². The molecule has 0 bridgehead atoms. The van der Waals surface area contributed by atoms with Gasteiger partial charge in [-0.3, -0.25) is 4.79 Å². The second-order valence-corrected chi connectivity index (χ2v) is 6.93. The summed E-state index contributed by atoms with van der Waals surface area (Å²) >= 11 is 0. The van der Waals surface area contributed by atoms with Gasteiger partial charge >= 0.3 is 0 Å². The van der Waals surface area contributed by atoms with E-state index >= 15 is 0 Å². The molecule has 0 radical (unpaired) electrons. The molecule has 0 rings (SSSR count). The molecular formula is C18H36O. The first kappa shape index (κ1) is 18.7. The van der Waals surface area contributed by atoms with Crippen LogP contribution in [0.3, 0.4) is 0 Å². The van der Waals surface area contributed by atoms with Crippen LogP contribution in [0.25, 0.3) is 0 Å². The second-order valence-electron chi connectivity index (χ2n) is 6.93. The zero-order valence-corrected chi connectivity index (χ0v) is 14.0. The zero-order chi connectivity index (χ0) is 14.7. The Kier molecular flexibility index (Phi) is 11.3. The molecule has 1 nitrogen and oxygen atoms in total. The van der Waals surface area contributed by atoms with Crippen LogP contribution in [0.5, 0.6) is 0 Å². The van der Waals surface area contributed by atoms with E-state index in [0.717, 1.165) is 18.3 Å². The molecule has 19 heavy (non-hydrogen) atoms. The molecule has 0 aliphatic rings. The third-order valence-corrected chi connectivity index (χ3v) is 4.26. The molecule has 0 spiro atoms. The molecule has 114 valence electrons. The van der Waals surface area contributed by atoms with Crippen molar-refractivity contribution in [1.82, 2.24) is 0 Å². The van der Waals surface area contributed by atoms with Crippen molar-refractivity contribution in [2.45, 2.75) is 92.4 Å². The lowest BCUT2D eigenvalue weighted by Crippen LogP contribution is -2.05. The van der Waals surface area contributed by atoms with E-state index in [-0.39, 0.29) is 5.92 Å². The Morgan fingerprint density at radius 2 is 1.26 bits per heavy atom. The monoisotopic (exact) mass is 268 g/mol. The number of hydrogen-bond acceptors (Lipinski definition) is 1. The highest BCUT2D eigenvalue weighted by molar-refractivity contribution is 5.77. The average Bonchev–Trinajstić information content (AvgIpc) is 2.32. The van der Waals surface area contributed by atoms with Crippen molar-refractivity contribution in [2.24, 2.45) is 17.8 Å².